The van der Waals surface area contributed by atoms with E-state index < -0.39 is 5.97 Å². The molecule has 5 aliphatic carbocycles. The van der Waals surface area contributed by atoms with Crippen molar-refractivity contribution in [3.63, 3.8) is 0 Å². The van der Waals surface area contributed by atoms with Gasteiger partial charge in [0.25, 0.3) is 0 Å². The minimum Gasteiger partial charge on any atom is -0.504 e. The van der Waals surface area contributed by atoms with Crippen molar-refractivity contribution in [3.8, 4) is 11.5 Å². The number of carbonyl (C=O) groups is 1. The fraction of sp³-hybridized carbons (Fsp3) is 0.757. The normalized spacial score (nSPS) is 46.4. The number of hydrogen-bond donors (Lipinski definition) is 2. The van der Waals surface area contributed by atoms with Crippen molar-refractivity contribution in [2.75, 3.05) is 0 Å². The molecule has 0 aliphatic heterocycles. The van der Waals surface area contributed by atoms with Gasteiger partial charge in [-0.25, -0.2) is 4.79 Å². The van der Waals surface area contributed by atoms with Crippen LogP contribution < -0.4 is 0 Å². The number of esters is 1. The number of phenols is 2. The van der Waals surface area contributed by atoms with Gasteiger partial charge in [0.15, 0.2) is 11.5 Å². The molecule has 5 aliphatic rings. The molecule has 5 saturated carbocycles. The molecule has 4 heteroatoms. The van der Waals surface area contributed by atoms with Crippen LogP contribution in [0.15, 0.2) is 30.4 Å². The Labute approximate surface area is 248 Å². The lowest BCUT2D eigenvalue weighted by atomic mass is 9.32. The van der Waals surface area contributed by atoms with Crippen LogP contribution in [-0.2, 0) is 4.74 Å². The molecule has 10 unspecified atom stereocenters. The fourth-order valence-corrected chi connectivity index (χ4v) is 12.5. The van der Waals surface area contributed by atoms with Crippen LogP contribution in [0.2, 0.25) is 0 Å². The first kappa shape index (κ1) is 29.1. The van der Waals surface area contributed by atoms with Gasteiger partial charge in [0.2, 0.25) is 0 Å². The molecule has 10 atom stereocenters. The van der Waals surface area contributed by atoms with E-state index in [1.54, 1.807) is 0 Å². The van der Waals surface area contributed by atoms with E-state index in [1.165, 1.54) is 75.1 Å². The number of carbonyl (C=O) groups excluding carboxylic acids is 1. The Morgan fingerprint density at radius 2 is 1.56 bits per heavy atom. The zero-order valence-corrected chi connectivity index (χ0v) is 26.7. The van der Waals surface area contributed by atoms with Gasteiger partial charge in [-0.2, -0.15) is 0 Å². The summed E-state index contributed by atoms with van der Waals surface area (Å²) in [5, 5.41) is 19.6. The number of phenolic OH excluding ortho intramolecular Hbond substituents is 2. The zero-order valence-electron chi connectivity index (χ0n) is 26.7. The Bertz CT molecular complexity index is 1250. The third-order valence-electron chi connectivity index (χ3n) is 14.9. The Kier molecular flexibility index (Phi) is 6.58. The molecule has 226 valence electrons. The molecule has 1 aromatic rings. The molecule has 0 saturated heterocycles. The van der Waals surface area contributed by atoms with Gasteiger partial charge in [0, 0.05) is 5.41 Å². The van der Waals surface area contributed by atoms with Crippen LogP contribution in [0, 0.1) is 56.7 Å². The third-order valence-corrected chi connectivity index (χ3v) is 14.9. The summed E-state index contributed by atoms with van der Waals surface area (Å²) in [6, 6.07) is 4.19. The number of aromatic hydroxyl groups is 2. The Morgan fingerprint density at radius 1 is 0.829 bits per heavy atom. The van der Waals surface area contributed by atoms with E-state index in [-0.39, 0.29) is 34.0 Å². The van der Waals surface area contributed by atoms with Gasteiger partial charge in [-0.1, -0.05) is 53.7 Å². The summed E-state index contributed by atoms with van der Waals surface area (Å²) >= 11 is 0. The van der Waals surface area contributed by atoms with Gasteiger partial charge in [-0.15, -0.1) is 0 Å². The summed E-state index contributed by atoms with van der Waals surface area (Å²) in [5.74, 6) is 2.52. The minimum atomic E-state index is -0.412. The lowest BCUT2D eigenvalue weighted by Gasteiger charge is -2.73. The molecular formula is C37H54O4. The molecule has 41 heavy (non-hydrogen) atoms. The highest BCUT2D eigenvalue weighted by Gasteiger charge is 2.70. The highest BCUT2D eigenvalue weighted by atomic mass is 16.5. The second-order valence-electron chi connectivity index (χ2n) is 16.8. The summed E-state index contributed by atoms with van der Waals surface area (Å²) < 4.78 is 6.20. The summed E-state index contributed by atoms with van der Waals surface area (Å²) in [6.45, 7) is 22.0. The van der Waals surface area contributed by atoms with Gasteiger partial charge < -0.3 is 14.9 Å². The van der Waals surface area contributed by atoms with Crippen molar-refractivity contribution in [1.29, 1.82) is 0 Å². The van der Waals surface area contributed by atoms with Crippen LogP contribution in [0.4, 0.5) is 0 Å². The second kappa shape index (κ2) is 9.26. The first-order chi connectivity index (χ1) is 19.1. The Hall–Kier alpha value is -1.97. The Balaban J connectivity index is 1.27. The molecule has 0 bridgehead atoms. The molecule has 6 rings (SSSR count). The molecule has 4 nitrogen and oxygen atoms in total. The van der Waals surface area contributed by atoms with E-state index in [1.807, 2.05) is 0 Å². The quantitative estimate of drug-likeness (QED) is 0.219. The molecule has 0 amide bonds. The number of fused-ring (bicyclic) bond motifs is 7. The van der Waals surface area contributed by atoms with Crippen LogP contribution in [0.25, 0.3) is 0 Å². The van der Waals surface area contributed by atoms with Crippen molar-refractivity contribution in [2.45, 2.75) is 119 Å². The van der Waals surface area contributed by atoms with Crippen molar-refractivity contribution in [1.82, 2.24) is 0 Å². The largest absolute Gasteiger partial charge is 0.504 e. The first-order valence-electron chi connectivity index (χ1n) is 16.5. The van der Waals surface area contributed by atoms with E-state index in [4.69, 9.17) is 4.74 Å². The molecule has 1 aromatic carbocycles. The number of benzene rings is 1. The van der Waals surface area contributed by atoms with E-state index in [9.17, 15) is 15.0 Å². The van der Waals surface area contributed by atoms with Gasteiger partial charge >= 0.3 is 5.97 Å². The number of hydrogen-bond acceptors (Lipinski definition) is 4. The van der Waals surface area contributed by atoms with Crippen molar-refractivity contribution < 1.29 is 19.7 Å². The van der Waals surface area contributed by atoms with Gasteiger partial charge in [0.1, 0.15) is 6.10 Å². The second-order valence-corrected chi connectivity index (χ2v) is 16.8. The van der Waals surface area contributed by atoms with Crippen LogP contribution in [0.5, 0.6) is 11.5 Å². The summed E-state index contributed by atoms with van der Waals surface area (Å²) in [7, 11) is 0. The topological polar surface area (TPSA) is 66.8 Å². The number of ether oxygens (including phenoxy) is 1. The predicted molar refractivity (Wildman–Crippen MR) is 164 cm³/mol. The van der Waals surface area contributed by atoms with Gasteiger partial charge in [0.05, 0.1) is 5.56 Å². The van der Waals surface area contributed by atoms with Crippen LogP contribution >= 0.6 is 0 Å². The SMILES string of the molecule is C=C(C)C1CCC2(C)CCC3(C)C(CCC4C5(C)CCC(OC(=O)c6ccc(O)c(O)c6)C(C)(C)C5CCC43C)C12. The minimum absolute atomic E-state index is 0.137. The monoisotopic (exact) mass is 562 g/mol. The summed E-state index contributed by atoms with van der Waals surface area (Å²) in [6.07, 6.45) is 12.4. The number of rotatable bonds is 3. The maximum Gasteiger partial charge on any atom is 0.338 e. The summed E-state index contributed by atoms with van der Waals surface area (Å²) in [5.41, 5.74) is 2.97. The van der Waals surface area contributed by atoms with E-state index >= 15 is 0 Å². The van der Waals surface area contributed by atoms with E-state index in [0.29, 0.717) is 34.0 Å². The molecule has 0 radical (unpaired) electrons. The van der Waals surface area contributed by atoms with E-state index in [2.05, 4.69) is 55.0 Å². The standard InChI is InChI=1S/C37H54O4/c1-22(2)24-13-16-34(5)19-20-36(7)25(31(24)34)10-12-29-35(6)17-15-30(33(3,4)28(35)14-18-37(29,36)8)41-32(40)23-9-11-26(38)27(39)21-23/h9,11,21,24-25,28-31,38-39H,1,10,12-20H2,2-8H3. The van der Waals surface area contributed by atoms with Crippen LogP contribution in [0.1, 0.15) is 123 Å². The van der Waals surface area contributed by atoms with Crippen molar-refractivity contribution >= 4 is 5.97 Å². The maximum atomic E-state index is 13.2. The predicted octanol–water partition coefficient (Wildman–Crippen LogP) is 9.30. The number of allylic oxidation sites excluding steroid dienone is 1. The first-order valence-corrected chi connectivity index (χ1v) is 16.5. The maximum absolute atomic E-state index is 13.2. The third kappa shape index (κ3) is 3.93. The zero-order chi connectivity index (χ0) is 29.8. The molecule has 0 spiro atoms. The molecule has 5 fully saturated rings. The van der Waals surface area contributed by atoms with Crippen LogP contribution in [-0.4, -0.2) is 22.3 Å². The van der Waals surface area contributed by atoms with Gasteiger partial charge in [-0.3, -0.25) is 0 Å². The molecule has 0 aromatic heterocycles. The fourth-order valence-electron chi connectivity index (χ4n) is 12.5. The van der Waals surface area contributed by atoms with Gasteiger partial charge in [-0.05, 0) is 141 Å². The average Bonchev–Trinajstić information content (AvgIpc) is 3.25. The van der Waals surface area contributed by atoms with E-state index in [0.717, 1.165) is 24.7 Å². The van der Waals surface area contributed by atoms with Crippen molar-refractivity contribution in [2.24, 2.45) is 56.7 Å². The lowest BCUT2D eigenvalue weighted by molar-refractivity contribution is -0.246. The highest BCUT2D eigenvalue weighted by Crippen LogP contribution is 2.77. The van der Waals surface area contributed by atoms with Crippen molar-refractivity contribution in [3.05, 3.63) is 35.9 Å². The lowest BCUT2D eigenvalue weighted by Crippen LogP contribution is -2.66. The van der Waals surface area contributed by atoms with Crippen LogP contribution in [0.3, 0.4) is 0 Å². The average molecular weight is 563 g/mol. The summed E-state index contributed by atoms with van der Waals surface area (Å²) in [4.78, 5) is 13.2. The molecule has 2 N–H and O–H groups in total. The molecular weight excluding hydrogens is 508 g/mol. The molecule has 0 heterocycles. The highest BCUT2D eigenvalue weighted by molar-refractivity contribution is 5.90. The Morgan fingerprint density at radius 3 is 2.24 bits per heavy atom. The smallest absolute Gasteiger partial charge is 0.338 e.